The summed E-state index contributed by atoms with van der Waals surface area (Å²) in [6.07, 6.45) is 0. The lowest BCUT2D eigenvalue weighted by atomic mass is 9.96. The van der Waals surface area contributed by atoms with E-state index in [-0.39, 0.29) is 24.9 Å². The van der Waals surface area contributed by atoms with E-state index in [1.165, 1.54) is 4.90 Å². The molecule has 18 heavy (non-hydrogen) atoms. The molecule has 0 radical (unpaired) electrons. The molecule has 1 unspecified atom stereocenters. The number of amides is 3. The number of nitrogens with zero attached hydrogens (tertiary/aromatic N) is 1. The van der Waals surface area contributed by atoms with Crippen LogP contribution < -0.4 is 10.6 Å². The molecular formula is C11H19N3O4. The van der Waals surface area contributed by atoms with Gasteiger partial charge in [-0.3, -0.25) is 9.59 Å². The number of carboxylic acid groups (broad SMARTS) is 1. The smallest absolute Gasteiger partial charge is 0.317 e. The van der Waals surface area contributed by atoms with Crippen LogP contribution in [0.3, 0.4) is 0 Å². The third kappa shape index (κ3) is 3.90. The first-order chi connectivity index (χ1) is 8.41. The lowest BCUT2D eigenvalue weighted by Gasteiger charge is -2.27. The largest absolute Gasteiger partial charge is 0.481 e. The number of carboxylic acids is 1. The van der Waals surface area contributed by atoms with Crippen LogP contribution in [0.25, 0.3) is 0 Å². The number of carbonyl (C=O) groups is 3. The molecule has 1 aliphatic heterocycles. The number of urea groups is 1. The van der Waals surface area contributed by atoms with Crippen molar-refractivity contribution in [3.63, 3.8) is 0 Å². The second kappa shape index (κ2) is 6.23. The van der Waals surface area contributed by atoms with Crippen molar-refractivity contribution in [1.82, 2.24) is 15.5 Å². The predicted molar refractivity (Wildman–Crippen MR) is 63.9 cm³/mol. The first kappa shape index (κ1) is 14.3. The summed E-state index contributed by atoms with van der Waals surface area (Å²) in [6, 6.07) is -0.392. The topological polar surface area (TPSA) is 98.7 Å². The van der Waals surface area contributed by atoms with Gasteiger partial charge in [0, 0.05) is 19.6 Å². The summed E-state index contributed by atoms with van der Waals surface area (Å²) < 4.78 is 0. The van der Waals surface area contributed by atoms with Gasteiger partial charge in [-0.05, 0) is 5.92 Å². The van der Waals surface area contributed by atoms with E-state index in [2.05, 4.69) is 10.6 Å². The average Bonchev–Trinajstić information content (AvgIpc) is 2.28. The van der Waals surface area contributed by atoms with Gasteiger partial charge in [-0.2, -0.15) is 0 Å². The van der Waals surface area contributed by atoms with Crippen molar-refractivity contribution in [1.29, 1.82) is 0 Å². The Morgan fingerprint density at radius 2 is 2.17 bits per heavy atom. The second-order valence-electron chi connectivity index (χ2n) is 4.65. The molecule has 1 heterocycles. The number of carbonyl (C=O) groups excluding carboxylic acids is 2. The molecular weight excluding hydrogens is 238 g/mol. The van der Waals surface area contributed by atoms with Crippen molar-refractivity contribution in [3.05, 3.63) is 0 Å². The fourth-order valence-corrected chi connectivity index (χ4v) is 1.73. The molecule has 102 valence electrons. The van der Waals surface area contributed by atoms with Crippen molar-refractivity contribution in [2.75, 3.05) is 26.2 Å². The zero-order valence-electron chi connectivity index (χ0n) is 10.6. The van der Waals surface area contributed by atoms with Crippen LogP contribution in [0.5, 0.6) is 0 Å². The molecule has 0 aliphatic carbocycles. The number of rotatable bonds is 4. The standard InChI is InChI=1S/C11H19N3O4/c1-7(2)8(10(16)17)5-13-11(18)14-4-3-12-9(15)6-14/h7-8H,3-6H2,1-2H3,(H,12,15)(H,13,18)(H,16,17). The molecule has 1 aliphatic rings. The fourth-order valence-electron chi connectivity index (χ4n) is 1.73. The summed E-state index contributed by atoms with van der Waals surface area (Å²) >= 11 is 0. The van der Waals surface area contributed by atoms with Crippen molar-refractivity contribution >= 4 is 17.9 Å². The monoisotopic (exact) mass is 257 g/mol. The highest BCUT2D eigenvalue weighted by molar-refractivity contribution is 5.85. The average molecular weight is 257 g/mol. The number of aliphatic carboxylic acids is 1. The zero-order valence-corrected chi connectivity index (χ0v) is 10.6. The maximum atomic E-state index is 11.7. The number of hydrogen-bond donors (Lipinski definition) is 3. The van der Waals surface area contributed by atoms with E-state index in [0.29, 0.717) is 13.1 Å². The van der Waals surface area contributed by atoms with E-state index in [1.54, 1.807) is 13.8 Å². The Morgan fingerprint density at radius 1 is 1.50 bits per heavy atom. The van der Waals surface area contributed by atoms with Crippen LogP contribution in [0.4, 0.5) is 4.79 Å². The molecule has 1 saturated heterocycles. The van der Waals surface area contributed by atoms with Gasteiger partial charge in [0.25, 0.3) is 0 Å². The highest BCUT2D eigenvalue weighted by Gasteiger charge is 2.25. The van der Waals surface area contributed by atoms with E-state index in [1.807, 2.05) is 0 Å². The Kier molecular flexibility index (Phi) is 4.94. The van der Waals surface area contributed by atoms with Crippen LogP contribution in [0.1, 0.15) is 13.8 Å². The fraction of sp³-hybridized carbons (Fsp3) is 0.727. The van der Waals surface area contributed by atoms with Gasteiger partial charge in [0.2, 0.25) is 5.91 Å². The minimum atomic E-state index is -0.929. The second-order valence-corrected chi connectivity index (χ2v) is 4.65. The molecule has 1 atom stereocenters. The van der Waals surface area contributed by atoms with Crippen LogP contribution in [-0.2, 0) is 9.59 Å². The predicted octanol–water partition coefficient (Wildman–Crippen LogP) is -0.515. The summed E-state index contributed by atoms with van der Waals surface area (Å²) in [7, 11) is 0. The molecule has 7 heteroatoms. The molecule has 0 bridgehead atoms. The molecule has 3 amide bonds. The Labute approximate surface area is 106 Å². The summed E-state index contributed by atoms with van der Waals surface area (Å²) in [5, 5.41) is 14.2. The molecule has 3 N–H and O–H groups in total. The van der Waals surface area contributed by atoms with E-state index in [9.17, 15) is 14.4 Å². The minimum absolute atomic E-state index is 0.0191. The van der Waals surface area contributed by atoms with Gasteiger partial charge in [-0.1, -0.05) is 13.8 Å². The van der Waals surface area contributed by atoms with Crippen LogP contribution in [-0.4, -0.2) is 54.1 Å². The molecule has 1 fully saturated rings. The van der Waals surface area contributed by atoms with Crippen LogP contribution in [0.2, 0.25) is 0 Å². The van der Waals surface area contributed by atoms with Crippen LogP contribution in [0.15, 0.2) is 0 Å². The lowest BCUT2D eigenvalue weighted by Crippen LogP contribution is -2.53. The number of piperazine rings is 1. The highest BCUT2D eigenvalue weighted by Crippen LogP contribution is 2.09. The van der Waals surface area contributed by atoms with Gasteiger partial charge in [0.15, 0.2) is 0 Å². The summed E-state index contributed by atoms with van der Waals surface area (Å²) in [5.74, 6) is -1.81. The van der Waals surface area contributed by atoms with Crippen LogP contribution >= 0.6 is 0 Å². The molecule has 0 saturated carbocycles. The third-order valence-electron chi connectivity index (χ3n) is 2.92. The van der Waals surface area contributed by atoms with Gasteiger partial charge >= 0.3 is 12.0 Å². The van der Waals surface area contributed by atoms with Crippen molar-refractivity contribution in [2.45, 2.75) is 13.8 Å². The summed E-state index contributed by atoms with van der Waals surface area (Å²) in [4.78, 5) is 35.2. The molecule has 1 rings (SSSR count). The quantitative estimate of drug-likeness (QED) is 0.631. The number of nitrogens with one attached hydrogen (secondary N) is 2. The maximum absolute atomic E-state index is 11.7. The number of hydrogen-bond acceptors (Lipinski definition) is 3. The summed E-state index contributed by atoms with van der Waals surface area (Å²) in [6.45, 7) is 4.55. The van der Waals surface area contributed by atoms with E-state index >= 15 is 0 Å². The van der Waals surface area contributed by atoms with Crippen molar-refractivity contribution in [3.8, 4) is 0 Å². The first-order valence-corrected chi connectivity index (χ1v) is 5.94. The van der Waals surface area contributed by atoms with Gasteiger partial charge in [0.1, 0.15) is 6.54 Å². The van der Waals surface area contributed by atoms with Gasteiger partial charge < -0.3 is 20.6 Å². The van der Waals surface area contributed by atoms with Gasteiger partial charge in [-0.25, -0.2) is 4.79 Å². The zero-order chi connectivity index (χ0) is 13.7. The van der Waals surface area contributed by atoms with Crippen molar-refractivity contribution in [2.24, 2.45) is 11.8 Å². The first-order valence-electron chi connectivity index (χ1n) is 5.94. The third-order valence-corrected chi connectivity index (χ3v) is 2.92. The van der Waals surface area contributed by atoms with E-state index in [0.717, 1.165) is 0 Å². The Bertz CT molecular complexity index is 343. The lowest BCUT2D eigenvalue weighted by molar-refractivity contribution is -0.143. The Hall–Kier alpha value is -1.79. The van der Waals surface area contributed by atoms with E-state index in [4.69, 9.17) is 5.11 Å². The van der Waals surface area contributed by atoms with Gasteiger partial charge in [0.05, 0.1) is 5.92 Å². The Balaban J connectivity index is 2.44. The molecule has 0 spiro atoms. The van der Waals surface area contributed by atoms with Crippen LogP contribution in [0, 0.1) is 11.8 Å². The van der Waals surface area contributed by atoms with E-state index < -0.39 is 17.9 Å². The Morgan fingerprint density at radius 3 is 2.67 bits per heavy atom. The summed E-state index contributed by atoms with van der Waals surface area (Å²) in [5.41, 5.74) is 0. The van der Waals surface area contributed by atoms with Gasteiger partial charge in [-0.15, -0.1) is 0 Å². The molecule has 0 aromatic carbocycles. The molecule has 0 aromatic heterocycles. The maximum Gasteiger partial charge on any atom is 0.317 e. The normalized spacial score (nSPS) is 17.3. The van der Waals surface area contributed by atoms with Crippen molar-refractivity contribution < 1.29 is 19.5 Å². The molecule has 0 aromatic rings. The molecule has 7 nitrogen and oxygen atoms in total. The highest BCUT2D eigenvalue weighted by atomic mass is 16.4. The SMILES string of the molecule is CC(C)C(CNC(=O)N1CCNC(=O)C1)C(=O)O. The minimum Gasteiger partial charge on any atom is -0.481 e.